The lowest BCUT2D eigenvalue weighted by Crippen LogP contribution is -2.16. The van der Waals surface area contributed by atoms with Gasteiger partial charge in [0.15, 0.2) is 17.3 Å². The van der Waals surface area contributed by atoms with Crippen LogP contribution in [0.2, 0.25) is 10.0 Å². The predicted molar refractivity (Wildman–Crippen MR) is 135 cm³/mol. The van der Waals surface area contributed by atoms with Gasteiger partial charge in [0, 0.05) is 22.4 Å². The number of rotatable bonds is 8. The maximum absolute atomic E-state index is 6.09. The number of H-pyrrole nitrogens is 1. The van der Waals surface area contributed by atoms with E-state index in [2.05, 4.69) is 36.5 Å². The first-order valence-corrected chi connectivity index (χ1v) is 11.7. The van der Waals surface area contributed by atoms with Crippen LogP contribution in [0.5, 0.6) is 11.5 Å². The predicted octanol–water partition coefficient (Wildman–Crippen LogP) is 6.40. The van der Waals surface area contributed by atoms with E-state index in [1.165, 1.54) is 0 Å². The van der Waals surface area contributed by atoms with Crippen molar-refractivity contribution in [3.05, 3.63) is 85.3 Å². The second-order valence-corrected chi connectivity index (χ2v) is 8.95. The maximum atomic E-state index is 6.09. The first kappa shape index (κ1) is 23.6. The zero-order chi connectivity index (χ0) is 23.4. The lowest BCUT2D eigenvalue weighted by Gasteiger charge is -2.16. The van der Waals surface area contributed by atoms with Crippen molar-refractivity contribution in [3.63, 3.8) is 0 Å². The van der Waals surface area contributed by atoms with E-state index < -0.39 is 0 Å². The van der Waals surface area contributed by atoms with Crippen LogP contribution in [0.4, 0.5) is 0 Å². The number of pyridine rings is 1. The fraction of sp³-hybridized carbons (Fsp3) is 0.136. The quantitative estimate of drug-likeness (QED) is 0.240. The molecule has 11 heteroatoms. The molecular weight excluding hydrogens is 549 g/mol. The number of benzene rings is 2. The van der Waals surface area contributed by atoms with E-state index in [9.17, 15) is 0 Å². The molecular formula is C22H18BrCl2N5O2S. The Morgan fingerprint density at radius 1 is 1.09 bits per heavy atom. The van der Waals surface area contributed by atoms with Crippen molar-refractivity contribution in [1.29, 1.82) is 0 Å². The number of aromatic amines is 1. The topological polar surface area (TPSA) is 77.0 Å². The summed E-state index contributed by atoms with van der Waals surface area (Å²) in [6.07, 6.45) is 3.41. The molecule has 0 saturated heterocycles. The average Bonchev–Trinajstić information content (AvgIpc) is 3.20. The first-order chi connectivity index (χ1) is 16.0. The molecule has 170 valence electrons. The Labute approximate surface area is 213 Å². The number of nitrogens with zero attached hydrogens (tertiary/aromatic N) is 3. The van der Waals surface area contributed by atoms with Crippen molar-refractivity contribution in [2.45, 2.75) is 13.2 Å². The van der Waals surface area contributed by atoms with Crippen LogP contribution in [0, 0.1) is 4.77 Å². The van der Waals surface area contributed by atoms with Crippen molar-refractivity contribution in [1.82, 2.24) is 19.9 Å². The van der Waals surface area contributed by atoms with Gasteiger partial charge >= 0.3 is 0 Å². The van der Waals surface area contributed by atoms with E-state index in [-0.39, 0.29) is 0 Å². The zero-order valence-electron chi connectivity index (χ0n) is 17.3. The molecule has 2 heterocycles. The van der Waals surface area contributed by atoms with Gasteiger partial charge in [-0.2, -0.15) is 5.10 Å². The van der Waals surface area contributed by atoms with Gasteiger partial charge in [0.25, 0.3) is 0 Å². The zero-order valence-corrected chi connectivity index (χ0v) is 21.2. The van der Waals surface area contributed by atoms with Gasteiger partial charge in [-0.25, -0.2) is 9.77 Å². The second-order valence-electron chi connectivity index (χ2n) is 6.89. The maximum Gasteiger partial charge on any atom is 0.214 e. The minimum Gasteiger partial charge on any atom is -0.493 e. The normalized spacial score (nSPS) is 10.8. The molecule has 0 unspecified atom stereocenters. The summed E-state index contributed by atoms with van der Waals surface area (Å²) in [6.45, 7) is 0.771. The fourth-order valence-electron chi connectivity index (χ4n) is 3.08. The van der Waals surface area contributed by atoms with Crippen molar-refractivity contribution in [2.75, 3.05) is 12.5 Å². The number of hydrogen-bond donors (Lipinski definition) is 2. The first-order valence-electron chi connectivity index (χ1n) is 9.71. The van der Waals surface area contributed by atoms with Crippen LogP contribution in [0.15, 0.2) is 59.3 Å². The van der Waals surface area contributed by atoms with Gasteiger partial charge in [-0.15, -0.1) is 0 Å². The van der Waals surface area contributed by atoms with Gasteiger partial charge in [0.2, 0.25) is 4.77 Å². The Morgan fingerprint density at radius 3 is 2.61 bits per heavy atom. The lowest BCUT2D eigenvalue weighted by molar-refractivity contribution is 0.284. The molecule has 0 aliphatic heterocycles. The highest BCUT2D eigenvalue weighted by Gasteiger charge is 2.13. The highest BCUT2D eigenvalue weighted by Crippen LogP contribution is 2.34. The number of nitrogens with one attached hydrogen (secondary N) is 2. The van der Waals surface area contributed by atoms with Gasteiger partial charge < -0.3 is 14.9 Å². The van der Waals surface area contributed by atoms with Gasteiger partial charge in [-0.05, 0) is 59.7 Å². The van der Waals surface area contributed by atoms with Crippen LogP contribution in [0.1, 0.15) is 11.1 Å². The van der Waals surface area contributed by atoms with Crippen molar-refractivity contribution in [3.8, 4) is 22.9 Å². The third kappa shape index (κ3) is 5.50. The Hall–Kier alpha value is -2.59. The highest BCUT2D eigenvalue weighted by molar-refractivity contribution is 9.10. The molecule has 0 fully saturated rings. The lowest BCUT2D eigenvalue weighted by atomic mass is 10.2. The minimum absolute atomic E-state index is 0.316. The third-order valence-electron chi connectivity index (χ3n) is 4.75. The largest absolute Gasteiger partial charge is 0.493 e. The molecule has 2 N–H and O–H groups in total. The third-order valence-corrected chi connectivity index (χ3v) is 6.50. The summed E-state index contributed by atoms with van der Waals surface area (Å²) < 4.78 is 14.5. The number of aromatic nitrogens is 4. The van der Waals surface area contributed by atoms with Crippen LogP contribution in [0.25, 0.3) is 11.4 Å². The van der Waals surface area contributed by atoms with Crippen LogP contribution < -0.4 is 14.9 Å². The average molecular weight is 567 g/mol. The molecule has 0 radical (unpaired) electrons. The smallest absolute Gasteiger partial charge is 0.214 e. The molecule has 2 aromatic heterocycles. The van der Waals surface area contributed by atoms with Gasteiger partial charge in [-0.1, -0.05) is 45.2 Å². The van der Waals surface area contributed by atoms with E-state index in [1.54, 1.807) is 36.3 Å². The summed E-state index contributed by atoms with van der Waals surface area (Å²) in [5.74, 6) is 1.85. The van der Waals surface area contributed by atoms with Crippen LogP contribution >= 0.6 is 51.3 Å². The Balaban J connectivity index is 1.51. The Kier molecular flexibility index (Phi) is 7.54. The molecule has 33 heavy (non-hydrogen) atoms. The second kappa shape index (κ2) is 10.6. The summed E-state index contributed by atoms with van der Waals surface area (Å²) in [4.78, 5) is 4.04. The molecule has 2 aromatic carbocycles. The molecule has 0 aliphatic rings. The molecule has 0 atom stereocenters. The fourth-order valence-corrected chi connectivity index (χ4v) is 4.06. The van der Waals surface area contributed by atoms with Gasteiger partial charge in [0.05, 0.1) is 23.7 Å². The van der Waals surface area contributed by atoms with Crippen LogP contribution in [-0.4, -0.2) is 27.0 Å². The van der Waals surface area contributed by atoms with Gasteiger partial charge in [0.1, 0.15) is 6.61 Å². The van der Waals surface area contributed by atoms with E-state index in [1.807, 2.05) is 30.3 Å². The van der Waals surface area contributed by atoms with E-state index in [0.717, 1.165) is 21.2 Å². The van der Waals surface area contributed by atoms with Crippen LogP contribution in [-0.2, 0) is 13.2 Å². The number of methoxy groups -OCH3 is 1. The molecule has 0 bridgehead atoms. The molecule has 0 amide bonds. The number of halogens is 3. The standard InChI is InChI=1S/C22H18BrCl2N5O2S/c1-31-19-9-15(11-27-30-21(28-29-22(30)33)14-4-6-26-7-5-14)16(23)10-20(19)32-12-13-2-3-17(24)18(25)8-13/h2-10,27H,11-12H2,1H3,(H,29,33). The van der Waals surface area contributed by atoms with Crippen molar-refractivity contribution < 1.29 is 9.47 Å². The summed E-state index contributed by atoms with van der Waals surface area (Å²) in [5.41, 5.74) is 6.02. The molecule has 0 saturated carbocycles. The summed E-state index contributed by atoms with van der Waals surface area (Å²) >= 11 is 21.1. The summed E-state index contributed by atoms with van der Waals surface area (Å²) in [5, 5.41) is 8.12. The molecule has 7 nitrogen and oxygen atoms in total. The molecule has 4 aromatic rings. The Bertz CT molecular complexity index is 1330. The minimum atomic E-state index is 0.316. The highest BCUT2D eigenvalue weighted by atomic mass is 79.9. The van der Waals surface area contributed by atoms with E-state index >= 15 is 0 Å². The molecule has 0 spiro atoms. The van der Waals surface area contributed by atoms with Crippen molar-refractivity contribution >= 4 is 51.3 Å². The molecule has 4 rings (SSSR count). The van der Waals surface area contributed by atoms with Gasteiger partial charge in [-0.3, -0.25) is 4.98 Å². The van der Waals surface area contributed by atoms with E-state index in [4.69, 9.17) is 44.9 Å². The molecule has 0 aliphatic carbocycles. The summed E-state index contributed by atoms with van der Waals surface area (Å²) in [6, 6.07) is 12.9. The van der Waals surface area contributed by atoms with Crippen molar-refractivity contribution in [2.24, 2.45) is 0 Å². The Morgan fingerprint density at radius 2 is 1.88 bits per heavy atom. The number of ether oxygens (including phenoxy) is 2. The SMILES string of the molecule is COc1cc(CNn2c(-c3ccncc3)n[nH]c2=S)c(Br)cc1OCc1ccc(Cl)c(Cl)c1. The summed E-state index contributed by atoms with van der Waals surface area (Å²) in [7, 11) is 1.60. The number of hydrogen-bond acceptors (Lipinski definition) is 6. The monoisotopic (exact) mass is 565 g/mol. The van der Waals surface area contributed by atoms with E-state index in [0.29, 0.717) is 45.3 Å². The van der Waals surface area contributed by atoms with Crippen LogP contribution in [0.3, 0.4) is 0 Å².